The highest BCUT2D eigenvalue weighted by molar-refractivity contribution is 7.12. The molecule has 0 atom stereocenters. The van der Waals surface area contributed by atoms with Gasteiger partial charge in [0.1, 0.15) is 5.75 Å². The van der Waals surface area contributed by atoms with E-state index in [1.165, 1.54) is 0 Å². The molecule has 0 aliphatic heterocycles. The maximum absolute atomic E-state index is 12.2. The van der Waals surface area contributed by atoms with Gasteiger partial charge in [-0.05, 0) is 44.5 Å². The maximum atomic E-state index is 12.2. The van der Waals surface area contributed by atoms with Gasteiger partial charge in [-0.3, -0.25) is 9.59 Å². The number of carbonyl (C=O) groups is 2. The molecule has 2 aromatic rings. The zero-order chi connectivity index (χ0) is 15.6. The Bertz CT molecular complexity index is 704. The quantitative estimate of drug-likeness (QED) is 0.863. The minimum atomic E-state index is -0.569. The molecule has 0 unspecified atom stereocenters. The molecule has 1 heterocycles. The van der Waals surface area contributed by atoms with Crippen LogP contribution >= 0.6 is 11.3 Å². The van der Waals surface area contributed by atoms with E-state index in [0.717, 1.165) is 15.3 Å². The van der Waals surface area contributed by atoms with Crippen LogP contribution in [0.2, 0.25) is 0 Å². The van der Waals surface area contributed by atoms with Crippen LogP contribution in [0.1, 0.15) is 36.0 Å². The number of Topliss-reactive ketones (excluding diaryl/α,β-unsaturated/α-hetero) is 1. The molecule has 1 amide bonds. The van der Waals surface area contributed by atoms with E-state index < -0.39 is 5.91 Å². The molecule has 0 aliphatic carbocycles. The maximum Gasteiger partial charge on any atom is 0.252 e. The minimum absolute atomic E-state index is 0.103. The van der Waals surface area contributed by atoms with Crippen molar-refractivity contribution in [1.82, 2.24) is 0 Å². The number of ether oxygens (including phenoxy) is 1. The van der Waals surface area contributed by atoms with Crippen molar-refractivity contribution in [2.45, 2.75) is 20.8 Å². The van der Waals surface area contributed by atoms with Gasteiger partial charge in [0.25, 0.3) is 5.91 Å². The molecule has 0 saturated carbocycles. The molecule has 1 aromatic heterocycles. The molecule has 0 fully saturated rings. The third-order valence-corrected chi connectivity index (χ3v) is 4.07. The van der Waals surface area contributed by atoms with Gasteiger partial charge in [-0.2, -0.15) is 0 Å². The second kappa shape index (κ2) is 6.10. The second-order valence-corrected chi connectivity index (χ2v) is 6.36. The topological polar surface area (TPSA) is 69.4 Å². The summed E-state index contributed by atoms with van der Waals surface area (Å²) < 4.78 is 5.51. The second-order valence-electron chi connectivity index (χ2n) is 4.90. The number of carbonyl (C=O) groups excluding carboxylic acids is 2. The number of hydrogen-bond donors (Lipinski definition) is 1. The van der Waals surface area contributed by atoms with Crippen molar-refractivity contribution in [2.75, 3.05) is 6.61 Å². The first-order chi connectivity index (χ1) is 9.88. The van der Waals surface area contributed by atoms with Crippen molar-refractivity contribution in [3.8, 4) is 5.75 Å². The van der Waals surface area contributed by atoms with E-state index in [9.17, 15) is 9.59 Å². The van der Waals surface area contributed by atoms with Crippen LogP contribution in [-0.2, 0) is 0 Å². The van der Waals surface area contributed by atoms with Crippen LogP contribution in [0, 0.1) is 20.8 Å². The van der Waals surface area contributed by atoms with Crippen LogP contribution in [0.4, 0.5) is 0 Å². The van der Waals surface area contributed by atoms with E-state index >= 15 is 0 Å². The van der Waals surface area contributed by atoms with Gasteiger partial charge in [0.2, 0.25) is 5.78 Å². The summed E-state index contributed by atoms with van der Waals surface area (Å²) in [5.74, 6) is -0.325. The third kappa shape index (κ3) is 3.49. The van der Waals surface area contributed by atoms with Crippen LogP contribution < -0.4 is 10.5 Å². The Morgan fingerprint density at radius 1 is 1.14 bits per heavy atom. The molecule has 2 rings (SSSR count). The summed E-state index contributed by atoms with van der Waals surface area (Å²) in [5.41, 5.74) is 7.20. The number of thiophene rings is 1. The summed E-state index contributed by atoms with van der Waals surface area (Å²) >= 11 is 1.58. The van der Waals surface area contributed by atoms with E-state index in [-0.39, 0.29) is 18.0 Å². The fraction of sp³-hybridized carbons (Fsp3) is 0.250. The van der Waals surface area contributed by atoms with Crippen LogP contribution in [0.15, 0.2) is 24.3 Å². The van der Waals surface area contributed by atoms with Crippen molar-refractivity contribution in [3.05, 3.63) is 50.7 Å². The monoisotopic (exact) mass is 303 g/mol. The number of ketones is 1. The first-order valence-corrected chi connectivity index (χ1v) is 7.33. The standard InChI is InChI=1S/C16H17NO3S/c1-9-4-5-12(16(17)19)15(6-9)20-8-14(18)13-7-10(2)21-11(13)3/h4-7H,8H2,1-3H3,(H2,17,19). The van der Waals surface area contributed by atoms with Gasteiger partial charge in [-0.15, -0.1) is 11.3 Å². The first kappa shape index (κ1) is 15.3. The van der Waals surface area contributed by atoms with Crippen LogP contribution in [0.3, 0.4) is 0 Å². The van der Waals surface area contributed by atoms with E-state index in [1.54, 1.807) is 29.5 Å². The van der Waals surface area contributed by atoms with Crippen LogP contribution in [0.25, 0.3) is 0 Å². The molecule has 0 aliphatic rings. The summed E-state index contributed by atoms with van der Waals surface area (Å²) in [6.07, 6.45) is 0. The van der Waals surface area contributed by atoms with Crippen molar-refractivity contribution in [1.29, 1.82) is 0 Å². The summed E-state index contributed by atoms with van der Waals surface area (Å²) in [4.78, 5) is 25.6. The molecule has 21 heavy (non-hydrogen) atoms. The van der Waals surface area contributed by atoms with Gasteiger partial charge in [0, 0.05) is 15.3 Å². The third-order valence-electron chi connectivity index (χ3n) is 3.10. The molecule has 4 nitrogen and oxygen atoms in total. The normalized spacial score (nSPS) is 10.4. The Morgan fingerprint density at radius 2 is 1.86 bits per heavy atom. The Kier molecular flexibility index (Phi) is 4.43. The lowest BCUT2D eigenvalue weighted by Gasteiger charge is -2.10. The molecular formula is C16H17NO3S. The molecule has 5 heteroatoms. The summed E-state index contributed by atoms with van der Waals surface area (Å²) in [5, 5.41) is 0. The van der Waals surface area contributed by atoms with Crippen molar-refractivity contribution < 1.29 is 14.3 Å². The van der Waals surface area contributed by atoms with Crippen LogP contribution in [0.5, 0.6) is 5.75 Å². The van der Waals surface area contributed by atoms with E-state index in [1.807, 2.05) is 26.8 Å². The predicted molar refractivity (Wildman–Crippen MR) is 83.3 cm³/mol. The number of nitrogens with two attached hydrogens (primary N) is 1. The average Bonchev–Trinajstić information content (AvgIpc) is 2.74. The summed E-state index contributed by atoms with van der Waals surface area (Å²) in [6.45, 7) is 5.64. The van der Waals surface area contributed by atoms with Crippen molar-refractivity contribution >= 4 is 23.0 Å². The predicted octanol–water partition coefficient (Wildman–Crippen LogP) is 3.03. The van der Waals surface area contributed by atoms with E-state index in [2.05, 4.69) is 0 Å². The van der Waals surface area contributed by atoms with Crippen LogP contribution in [-0.4, -0.2) is 18.3 Å². The molecule has 0 saturated heterocycles. The zero-order valence-corrected chi connectivity index (χ0v) is 13.0. The van der Waals surface area contributed by atoms with Gasteiger partial charge >= 0.3 is 0 Å². The molecule has 110 valence electrons. The molecule has 0 spiro atoms. The number of amides is 1. The van der Waals surface area contributed by atoms with Gasteiger partial charge in [0.05, 0.1) is 5.56 Å². The van der Waals surface area contributed by atoms with Crippen molar-refractivity contribution in [2.24, 2.45) is 5.73 Å². The number of aryl methyl sites for hydroxylation is 3. The lowest BCUT2D eigenvalue weighted by Crippen LogP contribution is -2.16. The number of primary amides is 1. The van der Waals surface area contributed by atoms with Gasteiger partial charge in [-0.1, -0.05) is 6.07 Å². The molecular weight excluding hydrogens is 286 g/mol. The van der Waals surface area contributed by atoms with Gasteiger partial charge < -0.3 is 10.5 Å². The van der Waals surface area contributed by atoms with Crippen molar-refractivity contribution in [3.63, 3.8) is 0 Å². The highest BCUT2D eigenvalue weighted by Gasteiger charge is 2.15. The van der Waals surface area contributed by atoms with Gasteiger partial charge in [-0.25, -0.2) is 0 Å². The summed E-state index contributed by atoms with van der Waals surface area (Å²) in [7, 11) is 0. The fourth-order valence-corrected chi connectivity index (χ4v) is 3.02. The Labute approximate surface area is 127 Å². The lowest BCUT2D eigenvalue weighted by molar-refractivity contribution is 0.0912. The highest BCUT2D eigenvalue weighted by Crippen LogP contribution is 2.23. The SMILES string of the molecule is Cc1ccc(C(N)=O)c(OCC(=O)c2cc(C)sc2C)c1. The van der Waals surface area contributed by atoms with E-state index in [0.29, 0.717) is 11.3 Å². The molecule has 1 aromatic carbocycles. The Balaban J connectivity index is 2.16. The largest absolute Gasteiger partial charge is 0.485 e. The highest BCUT2D eigenvalue weighted by atomic mass is 32.1. The Hall–Kier alpha value is -2.14. The summed E-state index contributed by atoms with van der Waals surface area (Å²) in [6, 6.07) is 6.95. The number of hydrogen-bond acceptors (Lipinski definition) is 4. The average molecular weight is 303 g/mol. The smallest absolute Gasteiger partial charge is 0.252 e. The number of rotatable bonds is 5. The number of benzene rings is 1. The molecule has 0 bridgehead atoms. The molecule has 0 radical (unpaired) electrons. The van der Waals surface area contributed by atoms with Gasteiger partial charge in [0.15, 0.2) is 6.61 Å². The first-order valence-electron chi connectivity index (χ1n) is 6.52. The fourth-order valence-electron chi connectivity index (χ4n) is 2.08. The Morgan fingerprint density at radius 3 is 2.43 bits per heavy atom. The van der Waals surface area contributed by atoms with E-state index in [4.69, 9.17) is 10.5 Å². The zero-order valence-electron chi connectivity index (χ0n) is 12.2. The lowest BCUT2D eigenvalue weighted by atomic mass is 10.1. The minimum Gasteiger partial charge on any atom is -0.485 e. The molecule has 2 N–H and O–H groups in total.